The maximum Gasteiger partial charge on any atom is 0.183 e. The van der Waals surface area contributed by atoms with Crippen molar-refractivity contribution >= 4 is 11.4 Å². The van der Waals surface area contributed by atoms with Gasteiger partial charge in [-0.1, -0.05) is 0 Å². The molecule has 0 aliphatic rings. The topological polar surface area (TPSA) is 55.9 Å². The molecule has 96 valence electrons. The molecule has 0 unspecified atom stereocenters. The first-order valence-corrected chi connectivity index (χ1v) is 5.61. The second-order valence-corrected chi connectivity index (χ2v) is 3.91. The lowest BCUT2D eigenvalue weighted by Crippen LogP contribution is -2.09. The molecule has 0 amide bonds. The van der Waals surface area contributed by atoms with Crippen molar-refractivity contribution in [3.05, 3.63) is 42.5 Å². The number of nitrogens with one attached hydrogen (secondary N) is 1. The van der Waals surface area contributed by atoms with Gasteiger partial charge in [0.05, 0.1) is 17.7 Å². The van der Waals surface area contributed by atoms with Crippen LogP contribution < -0.4 is 11.1 Å². The van der Waals surface area contributed by atoms with E-state index < -0.39 is 11.6 Å². The van der Waals surface area contributed by atoms with Gasteiger partial charge in [0.2, 0.25) is 0 Å². The number of nitrogens with two attached hydrogens (primary N) is 1. The molecule has 0 fully saturated rings. The van der Waals surface area contributed by atoms with E-state index in [1.807, 2.05) is 10.8 Å². The molecule has 4 nitrogen and oxygen atoms in total. The first-order valence-electron chi connectivity index (χ1n) is 5.61. The highest BCUT2D eigenvalue weighted by molar-refractivity contribution is 5.66. The van der Waals surface area contributed by atoms with Crippen molar-refractivity contribution in [3.8, 4) is 0 Å². The van der Waals surface area contributed by atoms with E-state index in [1.165, 1.54) is 6.07 Å². The van der Waals surface area contributed by atoms with Crippen LogP contribution in [0.2, 0.25) is 0 Å². The molecule has 0 bridgehead atoms. The molecule has 1 aromatic carbocycles. The maximum atomic E-state index is 13.4. The molecular weight excluding hydrogens is 238 g/mol. The number of hydrogen-bond donors (Lipinski definition) is 2. The van der Waals surface area contributed by atoms with Gasteiger partial charge in [-0.15, -0.1) is 0 Å². The quantitative estimate of drug-likeness (QED) is 0.634. The Morgan fingerprint density at radius 2 is 2.17 bits per heavy atom. The summed E-state index contributed by atoms with van der Waals surface area (Å²) in [4.78, 5) is 3.91. The fourth-order valence-electron chi connectivity index (χ4n) is 1.64. The third-order valence-electron chi connectivity index (χ3n) is 2.58. The summed E-state index contributed by atoms with van der Waals surface area (Å²) in [6.45, 7) is 1.26. The van der Waals surface area contributed by atoms with Gasteiger partial charge in [0.25, 0.3) is 0 Å². The molecule has 2 aromatic rings. The van der Waals surface area contributed by atoms with Crippen LogP contribution in [0.3, 0.4) is 0 Å². The summed E-state index contributed by atoms with van der Waals surface area (Å²) in [5.74, 6) is -1.83. The second-order valence-electron chi connectivity index (χ2n) is 3.91. The molecule has 2 rings (SSSR count). The number of halogens is 2. The van der Waals surface area contributed by atoms with Crippen molar-refractivity contribution in [3.63, 3.8) is 0 Å². The molecule has 0 saturated heterocycles. The van der Waals surface area contributed by atoms with Crippen LogP contribution in [-0.4, -0.2) is 16.1 Å². The van der Waals surface area contributed by atoms with Crippen molar-refractivity contribution in [2.24, 2.45) is 0 Å². The van der Waals surface area contributed by atoms with E-state index in [4.69, 9.17) is 5.73 Å². The molecule has 0 aliphatic carbocycles. The highest BCUT2D eigenvalue weighted by Crippen LogP contribution is 2.24. The molecular formula is C12H14F2N4. The van der Waals surface area contributed by atoms with Crippen molar-refractivity contribution < 1.29 is 8.78 Å². The predicted octanol–water partition coefficient (Wildman–Crippen LogP) is 2.25. The normalized spacial score (nSPS) is 10.6. The smallest absolute Gasteiger partial charge is 0.183 e. The second kappa shape index (κ2) is 5.48. The molecule has 18 heavy (non-hydrogen) atoms. The van der Waals surface area contributed by atoms with Crippen molar-refractivity contribution in [2.45, 2.75) is 13.0 Å². The van der Waals surface area contributed by atoms with Gasteiger partial charge in [0.15, 0.2) is 11.6 Å². The van der Waals surface area contributed by atoms with E-state index in [-0.39, 0.29) is 11.4 Å². The molecule has 3 N–H and O–H groups in total. The Hall–Kier alpha value is -2.11. The van der Waals surface area contributed by atoms with Crippen LogP contribution in [0.25, 0.3) is 0 Å². The molecule has 6 heteroatoms. The maximum absolute atomic E-state index is 13.4. The van der Waals surface area contributed by atoms with Crippen LogP contribution in [0.15, 0.2) is 30.9 Å². The van der Waals surface area contributed by atoms with E-state index in [1.54, 1.807) is 12.5 Å². The van der Waals surface area contributed by atoms with E-state index in [0.29, 0.717) is 6.54 Å². The zero-order chi connectivity index (χ0) is 13.0. The Balaban J connectivity index is 1.88. The van der Waals surface area contributed by atoms with Crippen molar-refractivity contribution in [2.75, 3.05) is 17.6 Å². The summed E-state index contributed by atoms with van der Waals surface area (Å²) >= 11 is 0. The average Bonchev–Trinajstić information content (AvgIpc) is 2.86. The molecule has 0 aliphatic heterocycles. The summed E-state index contributed by atoms with van der Waals surface area (Å²) in [7, 11) is 0. The zero-order valence-electron chi connectivity index (χ0n) is 9.74. The number of aryl methyl sites for hydroxylation is 1. The fraction of sp³-hybridized carbons (Fsp3) is 0.250. The van der Waals surface area contributed by atoms with Crippen LogP contribution in [0.4, 0.5) is 20.2 Å². The summed E-state index contributed by atoms with van der Waals surface area (Å²) < 4.78 is 28.3. The summed E-state index contributed by atoms with van der Waals surface area (Å²) in [6.07, 6.45) is 6.00. The first kappa shape index (κ1) is 12.3. The third kappa shape index (κ3) is 2.77. The monoisotopic (exact) mass is 252 g/mol. The van der Waals surface area contributed by atoms with Gasteiger partial charge in [-0.25, -0.2) is 13.8 Å². The molecule has 0 spiro atoms. The van der Waals surface area contributed by atoms with Gasteiger partial charge >= 0.3 is 0 Å². The highest BCUT2D eigenvalue weighted by Gasteiger charge is 2.10. The SMILES string of the molecule is Nc1ccc(F)c(F)c1NCCCn1ccnc1. The number of rotatable bonds is 5. The molecule has 0 saturated carbocycles. The number of benzene rings is 1. The lowest BCUT2D eigenvalue weighted by molar-refractivity contribution is 0.511. The van der Waals surface area contributed by atoms with E-state index in [0.717, 1.165) is 19.0 Å². The molecule has 0 radical (unpaired) electrons. The lowest BCUT2D eigenvalue weighted by atomic mass is 10.2. The van der Waals surface area contributed by atoms with E-state index >= 15 is 0 Å². The fourth-order valence-corrected chi connectivity index (χ4v) is 1.64. The van der Waals surface area contributed by atoms with Crippen LogP contribution >= 0.6 is 0 Å². The Bertz CT molecular complexity index is 511. The van der Waals surface area contributed by atoms with Gasteiger partial charge in [0.1, 0.15) is 0 Å². The zero-order valence-corrected chi connectivity index (χ0v) is 9.74. The van der Waals surface area contributed by atoms with Crippen LogP contribution in [0.1, 0.15) is 6.42 Å². The average molecular weight is 252 g/mol. The standard InChI is InChI=1S/C12H14F2N4/c13-9-2-3-10(15)12(11(9)14)17-4-1-6-18-7-5-16-8-18/h2-3,5,7-8,17H,1,4,6,15H2. The van der Waals surface area contributed by atoms with Gasteiger partial charge in [-0.05, 0) is 18.6 Å². The minimum absolute atomic E-state index is 0.0284. The van der Waals surface area contributed by atoms with Gasteiger partial charge in [-0.3, -0.25) is 0 Å². The minimum Gasteiger partial charge on any atom is -0.397 e. The third-order valence-corrected chi connectivity index (χ3v) is 2.58. The number of nitrogen functional groups attached to an aromatic ring is 1. The number of aromatic nitrogens is 2. The molecule has 1 aromatic heterocycles. The summed E-state index contributed by atoms with van der Waals surface area (Å²) in [5.41, 5.74) is 5.82. The minimum atomic E-state index is -0.933. The number of hydrogen-bond acceptors (Lipinski definition) is 3. The number of imidazole rings is 1. The Morgan fingerprint density at radius 3 is 2.89 bits per heavy atom. The van der Waals surface area contributed by atoms with Crippen molar-refractivity contribution in [1.29, 1.82) is 0 Å². The first-order chi connectivity index (χ1) is 8.68. The van der Waals surface area contributed by atoms with Gasteiger partial charge < -0.3 is 15.6 Å². The highest BCUT2D eigenvalue weighted by atomic mass is 19.2. The van der Waals surface area contributed by atoms with E-state index in [9.17, 15) is 8.78 Å². The number of nitrogens with zero attached hydrogens (tertiary/aromatic N) is 2. The lowest BCUT2D eigenvalue weighted by Gasteiger charge is -2.10. The van der Waals surface area contributed by atoms with Crippen LogP contribution in [0.5, 0.6) is 0 Å². The van der Waals surface area contributed by atoms with Gasteiger partial charge in [-0.2, -0.15) is 0 Å². The van der Waals surface area contributed by atoms with Gasteiger partial charge in [0, 0.05) is 25.5 Å². The van der Waals surface area contributed by atoms with Crippen LogP contribution in [-0.2, 0) is 6.54 Å². The molecule has 0 atom stereocenters. The Kier molecular flexibility index (Phi) is 3.76. The molecule has 1 heterocycles. The van der Waals surface area contributed by atoms with Crippen LogP contribution in [0, 0.1) is 11.6 Å². The van der Waals surface area contributed by atoms with E-state index in [2.05, 4.69) is 10.3 Å². The number of anilines is 2. The Labute approximate surface area is 103 Å². The Morgan fingerprint density at radius 1 is 1.33 bits per heavy atom. The summed E-state index contributed by atoms with van der Waals surface area (Å²) in [6, 6.07) is 2.36. The van der Waals surface area contributed by atoms with Crippen molar-refractivity contribution in [1.82, 2.24) is 9.55 Å². The largest absolute Gasteiger partial charge is 0.397 e. The summed E-state index contributed by atoms with van der Waals surface area (Å²) in [5, 5.41) is 2.81. The predicted molar refractivity (Wildman–Crippen MR) is 66.1 cm³/mol.